The largest absolute Gasteiger partial charge is 0.417 e. The molecule has 9 heteroatoms. The highest BCUT2D eigenvalue weighted by atomic mass is 19.4. The molecule has 4 rings (SSSR count). The van der Waals surface area contributed by atoms with E-state index in [1.54, 1.807) is 23.1 Å². The van der Waals surface area contributed by atoms with Crippen LogP contribution in [-0.2, 0) is 17.4 Å². The van der Waals surface area contributed by atoms with Crippen molar-refractivity contribution in [1.82, 2.24) is 4.90 Å². The molecule has 1 atom stereocenters. The number of amides is 1. The topological polar surface area (TPSA) is 67.6 Å². The Morgan fingerprint density at radius 1 is 1.18 bits per heavy atom. The molecule has 2 aliphatic heterocycles. The minimum Gasteiger partial charge on any atom is -0.396 e. The lowest BCUT2D eigenvalue weighted by molar-refractivity contribution is -0.137. The van der Waals surface area contributed by atoms with Crippen molar-refractivity contribution in [1.29, 1.82) is 5.26 Å². The summed E-state index contributed by atoms with van der Waals surface area (Å²) in [5.41, 5.74) is -0.740. The number of aliphatic hydroxyl groups excluding tert-OH is 1. The van der Waals surface area contributed by atoms with Crippen LogP contribution in [0.5, 0.6) is 0 Å². The molecule has 0 bridgehead atoms. The summed E-state index contributed by atoms with van der Waals surface area (Å²) >= 11 is 0. The summed E-state index contributed by atoms with van der Waals surface area (Å²) in [7, 11) is 0. The number of nitrogens with zero attached hydrogens (tertiary/aromatic N) is 3. The summed E-state index contributed by atoms with van der Waals surface area (Å²) in [5, 5.41) is 19.1. The van der Waals surface area contributed by atoms with Crippen LogP contribution in [0.2, 0.25) is 0 Å². The molecule has 0 aliphatic carbocycles. The zero-order valence-corrected chi connectivity index (χ0v) is 18.5. The van der Waals surface area contributed by atoms with Crippen LogP contribution in [0.3, 0.4) is 0 Å². The third-order valence-corrected chi connectivity index (χ3v) is 7.18. The number of benzene rings is 2. The van der Waals surface area contributed by atoms with Crippen molar-refractivity contribution >= 4 is 11.6 Å². The third kappa shape index (κ3) is 4.73. The van der Waals surface area contributed by atoms with E-state index in [0.29, 0.717) is 50.3 Å². The number of hydrogen-bond acceptors (Lipinski definition) is 4. The predicted molar refractivity (Wildman–Crippen MR) is 117 cm³/mol. The summed E-state index contributed by atoms with van der Waals surface area (Å²) in [5.74, 6) is -0.632. The highest BCUT2D eigenvalue weighted by Gasteiger charge is 2.48. The Hall–Kier alpha value is -3.12. The lowest BCUT2D eigenvalue weighted by Gasteiger charge is -2.42. The number of carbonyl (C=O) groups excluding carboxylic acids is 1. The van der Waals surface area contributed by atoms with E-state index < -0.39 is 23.1 Å². The first-order chi connectivity index (χ1) is 16.1. The first-order valence-corrected chi connectivity index (χ1v) is 11.1. The van der Waals surface area contributed by atoms with Gasteiger partial charge in [0.05, 0.1) is 23.6 Å². The van der Waals surface area contributed by atoms with Crippen LogP contribution in [0.4, 0.5) is 23.2 Å². The summed E-state index contributed by atoms with van der Waals surface area (Å²) in [6, 6.07) is 11.2. The van der Waals surface area contributed by atoms with E-state index in [1.807, 2.05) is 4.90 Å². The van der Waals surface area contributed by atoms with Gasteiger partial charge in [-0.15, -0.1) is 0 Å². The van der Waals surface area contributed by atoms with Gasteiger partial charge in [0.2, 0.25) is 5.91 Å². The van der Waals surface area contributed by atoms with E-state index in [4.69, 9.17) is 5.26 Å². The molecule has 2 aromatic carbocycles. The van der Waals surface area contributed by atoms with Crippen molar-refractivity contribution in [2.24, 2.45) is 11.3 Å². The van der Waals surface area contributed by atoms with Gasteiger partial charge in [0.1, 0.15) is 5.82 Å². The first kappa shape index (κ1) is 24.0. The first-order valence-electron chi connectivity index (χ1n) is 11.1. The summed E-state index contributed by atoms with van der Waals surface area (Å²) in [4.78, 5) is 16.3. The molecule has 0 aromatic heterocycles. The minimum atomic E-state index is -4.64. The van der Waals surface area contributed by atoms with Gasteiger partial charge in [-0.3, -0.25) is 4.79 Å². The molecule has 1 N–H and O–H groups in total. The van der Waals surface area contributed by atoms with Crippen molar-refractivity contribution in [3.05, 3.63) is 65.0 Å². The van der Waals surface area contributed by atoms with Crippen LogP contribution in [0, 0.1) is 28.5 Å². The maximum absolute atomic E-state index is 13.4. The second-order valence-electron chi connectivity index (χ2n) is 9.15. The van der Waals surface area contributed by atoms with Crippen LogP contribution < -0.4 is 4.90 Å². The third-order valence-electron chi connectivity index (χ3n) is 7.18. The number of piperidine rings is 1. The van der Waals surface area contributed by atoms with E-state index in [1.165, 1.54) is 24.3 Å². The number of alkyl halides is 3. The van der Waals surface area contributed by atoms with Crippen molar-refractivity contribution in [3.8, 4) is 6.07 Å². The second-order valence-corrected chi connectivity index (χ2v) is 9.15. The number of aliphatic hydroxyl groups is 1. The monoisotopic (exact) mass is 475 g/mol. The van der Waals surface area contributed by atoms with Gasteiger partial charge in [0.15, 0.2) is 0 Å². The highest BCUT2D eigenvalue weighted by molar-refractivity contribution is 5.78. The van der Waals surface area contributed by atoms with E-state index in [0.717, 1.165) is 6.07 Å². The Morgan fingerprint density at radius 2 is 1.91 bits per heavy atom. The molecule has 2 fully saturated rings. The van der Waals surface area contributed by atoms with Gasteiger partial charge >= 0.3 is 6.18 Å². The van der Waals surface area contributed by atoms with Gasteiger partial charge in [-0.25, -0.2) is 4.39 Å². The fourth-order valence-electron chi connectivity index (χ4n) is 5.24. The summed E-state index contributed by atoms with van der Waals surface area (Å²) in [6.07, 6.45) is -3.30. The van der Waals surface area contributed by atoms with Crippen LogP contribution in [0.25, 0.3) is 0 Å². The summed E-state index contributed by atoms with van der Waals surface area (Å²) < 4.78 is 53.7. The number of anilines is 1. The summed E-state index contributed by atoms with van der Waals surface area (Å²) in [6.45, 7) is 1.71. The number of nitriles is 1. The second kappa shape index (κ2) is 9.26. The lowest BCUT2D eigenvalue weighted by atomic mass is 9.71. The molecule has 5 nitrogen and oxygen atoms in total. The van der Waals surface area contributed by atoms with E-state index >= 15 is 0 Å². The lowest BCUT2D eigenvalue weighted by Crippen LogP contribution is -2.47. The Labute approximate surface area is 195 Å². The standard InChI is InChI=1S/C25H25F4N3O2/c26-20-3-1-2-17(10-20)11-23(34)31-8-6-24(7-9-31)16-32(14-19(24)15-33)21-5-4-18(13-30)22(12-21)25(27,28)29/h1-5,10,12,19,33H,6-9,11,14-16H2. The maximum Gasteiger partial charge on any atom is 0.417 e. The van der Waals surface area contributed by atoms with E-state index in [-0.39, 0.29) is 30.3 Å². The molecule has 1 amide bonds. The van der Waals surface area contributed by atoms with Crippen LogP contribution in [-0.4, -0.2) is 48.7 Å². The smallest absolute Gasteiger partial charge is 0.396 e. The number of halogens is 4. The Bertz CT molecular complexity index is 1100. The SMILES string of the molecule is N#Cc1ccc(N2CC(CO)C3(CCN(C(=O)Cc4cccc(F)c4)CC3)C2)cc1C(F)(F)F. The van der Waals surface area contributed by atoms with Crippen molar-refractivity contribution in [2.45, 2.75) is 25.4 Å². The van der Waals surface area contributed by atoms with Crippen LogP contribution in [0.1, 0.15) is 29.5 Å². The van der Waals surface area contributed by atoms with Gasteiger partial charge in [0.25, 0.3) is 0 Å². The van der Waals surface area contributed by atoms with Gasteiger partial charge < -0.3 is 14.9 Å². The quantitative estimate of drug-likeness (QED) is 0.679. The Morgan fingerprint density at radius 3 is 2.53 bits per heavy atom. The number of rotatable bonds is 4. The molecule has 2 aliphatic rings. The van der Waals surface area contributed by atoms with Gasteiger partial charge in [-0.2, -0.15) is 18.4 Å². The molecule has 2 saturated heterocycles. The van der Waals surface area contributed by atoms with Gasteiger partial charge in [-0.05, 0) is 54.2 Å². The van der Waals surface area contributed by atoms with E-state index in [2.05, 4.69) is 0 Å². The van der Waals surface area contributed by atoms with Crippen molar-refractivity contribution < 1.29 is 27.5 Å². The fourth-order valence-corrected chi connectivity index (χ4v) is 5.24. The molecule has 2 aromatic rings. The Balaban J connectivity index is 1.46. The molecular weight excluding hydrogens is 450 g/mol. The number of hydrogen-bond donors (Lipinski definition) is 1. The average Bonchev–Trinajstić information content (AvgIpc) is 3.16. The molecule has 34 heavy (non-hydrogen) atoms. The number of carbonyl (C=O) groups is 1. The normalized spacial score (nSPS) is 19.9. The Kier molecular flexibility index (Phi) is 6.54. The van der Waals surface area contributed by atoms with Crippen LogP contribution in [0.15, 0.2) is 42.5 Å². The molecular formula is C25H25F4N3O2. The van der Waals surface area contributed by atoms with Crippen LogP contribution >= 0.6 is 0 Å². The highest BCUT2D eigenvalue weighted by Crippen LogP contribution is 2.46. The van der Waals surface area contributed by atoms with Crippen molar-refractivity contribution in [2.75, 3.05) is 37.7 Å². The molecule has 2 heterocycles. The minimum absolute atomic E-state index is 0.0993. The fraction of sp³-hybridized carbons (Fsp3) is 0.440. The molecule has 1 spiro atoms. The van der Waals surface area contributed by atoms with Gasteiger partial charge in [-0.1, -0.05) is 12.1 Å². The van der Waals surface area contributed by atoms with Gasteiger partial charge in [0, 0.05) is 44.4 Å². The zero-order chi connectivity index (χ0) is 24.5. The maximum atomic E-state index is 13.4. The molecule has 0 saturated carbocycles. The van der Waals surface area contributed by atoms with E-state index in [9.17, 15) is 27.5 Å². The predicted octanol–water partition coefficient (Wildman–Crippen LogP) is 4.00. The molecule has 0 radical (unpaired) electrons. The number of likely N-dealkylation sites (tertiary alicyclic amines) is 1. The zero-order valence-electron chi connectivity index (χ0n) is 18.5. The average molecular weight is 475 g/mol. The van der Waals surface area contributed by atoms with Crippen molar-refractivity contribution in [3.63, 3.8) is 0 Å². The molecule has 180 valence electrons. The molecule has 1 unspecified atom stereocenters.